The van der Waals surface area contributed by atoms with Gasteiger partial charge in [-0.1, -0.05) is 73.9 Å². The Kier molecular flexibility index (Phi) is 25.6. The third-order valence-electron chi connectivity index (χ3n) is 16.5. The van der Waals surface area contributed by atoms with Crippen molar-refractivity contribution in [3.8, 4) is 5.75 Å². The van der Waals surface area contributed by atoms with Gasteiger partial charge in [0.25, 0.3) is 0 Å². The van der Waals surface area contributed by atoms with Crippen LogP contribution in [0.4, 0.5) is 5.69 Å². The quantitative estimate of drug-likeness (QED) is 0.0692. The molecule has 3 heterocycles. The summed E-state index contributed by atoms with van der Waals surface area (Å²) in [5.74, 6) is -10.6. The molecule has 0 unspecified atom stereocenters. The molecular weight excluding hydrogens is 1140 g/mol. The molecule has 11 atom stereocenters. The molecule has 2 fully saturated rings. The van der Waals surface area contributed by atoms with Gasteiger partial charge in [-0.3, -0.25) is 43.2 Å². The van der Waals surface area contributed by atoms with E-state index in [-0.39, 0.29) is 56.1 Å². The zero-order valence-corrected chi connectivity index (χ0v) is 53.6. The number of rotatable bonds is 18. The molecule has 484 valence electrons. The highest BCUT2D eigenvalue weighted by atomic mass is 16.6. The maximum Gasteiger partial charge on any atom is 0.336 e. The number of hydrogen-bond acceptors (Lipinski definition) is 17. The topological polar surface area (TPSA) is 310 Å². The summed E-state index contributed by atoms with van der Waals surface area (Å²) in [6.07, 6.45) is -4.86. The third-order valence-corrected chi connectivity index (χ3v) is 16.5. The lowest BCUT2D eigenvalue weighted by Gasteiger charge is -2.36. The first-order valence-corrected chi connectivity index (χ1v) is 30.4. The number of aliphatic hydroxyl groups excluding tert-OH is 1. The third kappa shape index (κ3) is 18.6. The number of fused-ring (bicyclic) bond motifs is 2. The van der Waals surface area contributed by atoms with Gasteiger partial charge in [-0.2, -0.15) is 0 Å². The average molecular weight is 1230 g/mol. The van der Waals surface area contributed by atoms with E-state index in [9.17, 15) is 48.3 Å². The first-order valence-electron chi connectivity index (χ1n) is 30.4. The second kappa shape index (κ2) is 31.8. The van der Waals surface area contributed by atoms with Crippen molar-refractivity contribution in [2.75, 3.05) is 53.3 Å². The molecule has 2 saturated heterocycles. The number of ether oxygens (including phenoxy) is 3. The van der Waals surface area contributed by atoms with Gasteiger partial charge in [0, 0.05) is 64.4 Å². The van der Waals surface area contributed by atoms with Crippen LogP contribution in [0.3, 0.4) is 0 Å². The van der Waals surface area contributed by atoms with Crippen molar-refractivity contribution in [3.63, 3.8) is 0 Å². The molecule has 2 aliphatic heterocycles. The highest BCUT2D eigenvalue weighted by Gasteiger charge is 2.45. The Hall–Kier alpha value is -7.89. The normalized spacial score (nSPS) is 23.9. The number of benzene rings is 2. The predicted molar refractivity (Wildman–Crippen MR) is 327 cm³/mol. The number of aliphatic hydroxyl groups is 1. The van der Waals surface area contributed by atoms with Gasteiger partial charge < -0.3 is 64.6 Å². The summed E-state index contributed by atoms with van der Waals surface area (Å²) in [6, 6.07) is 4.99. The fraction of sp³-hybridized carbons (Fsp3) is 0.609. The number of carbonyl (C=O) groups excluding carboxylic acids is 10. The van der Waals surface area contributed by atoms with E-state index < -0.39 is 150 Å². The number of methoxy groups -OCH3 is 1. The van der Waals surface area contributed by atoms with E-state index >= 15 is 9.59 Å². The van der Waals surface area contributed by atoms with Crippen LogP contribution in [0.25, 0.3) is 11.0 Å². The van der Waals surface area contributed by atoms with Gasteiger partial charge in [0.1, 0.15) is 47.6 Å². The van der Waals surface area contributed by atoms with E-state index in [0.717, 1.165) is 10.6 Å². The van der Waals surface area contributed by atoms with E-state index in [2.05, 4.69) is 21.3 Å². The van der Waals surface area contributed by atoms with Gasteiger partial charge >= 0.3 is 17.6 Å². The van der Waals surface area contributed by atoms with Gasteiger partial charge in [-0.25, -0.2) is 9.59 Å². The zero-order valence-electron chi connectivity index (χ0n) is 53.6. The van der Waals surface area contributed by atoms with Gasteiger partial charge in [0.15, 0.2) is 11.9 Å². The number of hydrogen-bond donors (Lipinski definition) is 5. The predicted octanol–water partition coefficient (Wildman–Crippen LogP) is 3.48. The molecule has 7 amide bonds. The Morgan fingerprint density at radius 3 is 2.12 bits per heavy atom. The average Bonchev–Trinajstić information content (AvgIpc) is 1.60. The molecule has 0 spiro atoms. The van der Waals surface area contributed by atoms with Crippen LogP contribution in [0.5, 0.6) is 5.75 Å². The van der Waals surface area contributed by atoms with Crippen LogP contribution in [0.1, 0.15) is 119 Å². The highest BCUT2D eigenvalue weighted by Crippen LogP contribution is 2.27. The summed E-state index contributed by atoms with van der Waals surface area (Å²) in [5.41, 5.74) is 1.26. The summed E-state index contributed by atoms with van der Waals surface area (Å²) in [6.45, 7) is 16.2. The summed E-state index contributed by atoms with van der Waals surface area (Å²) in [4.78, 5) is 162. The first-order chi connectivity index (χ1) is 41.4. The number of likely N-dealkylation sites (N-methyl/N-ethyl adjacent to an activating group) is 2. The number of nitrogens with zero attached hydrogens (tertiary/aromatic N) is 4. The molecule has 2 aromatic carbocycles. The number of anilines is 1. The lowest BCUT2D eigenvalue weighted by Crippen LogP contribution is -2.61. The summed E-state index contributed by atoms with van der Waals surface area (Å²) >= 11 is 0. The number of ketones is 1. The van der Waals surface area contributed by atoms with E-state index in [0.29, 0.717) is 35.1 Å². The van der Waals surface area contributed by atoms with E-state index in [4.69, 9.17) is 18.6 Å². The van der Waals surface area contributed by atoms with E-state index in [1.54, 1.807) is 84.0 Å². The van der Waals surface area contributed by atoms with Crippen molar-refractivity contribution in [3.05, 3.63) is 70.1 Å². The molecule has 0 aliphatic carbocycles. The van der Waals surface area contributed by atoms with Gasteiger partial charge in [0.05, 0.1) is 44.6 Å². The minimum atomic E-state index is -1.80. The minimum Gasteiger partial charge on any atom is -0.497 e. The fourth-order valence-corrected chi connectivity index (χ4v) is 11.0. The summed E-state index contributed by atoms with van der Waals surface area (Å²) in [5, 5.41) is 23.2. The largest absolute Gasteiger partial charge is 0.497 e. The number of Topliss-reactive ketones (excluding diaryl/α,β-unsaturated/α-hetero) is 1. The second-order valence-corrected chi connectivity index (χ2v) is 24.8. The van der Waals surface area contributed by atoms with Crippen LogP contribution in [-0.2, 0) is 70.3 Å². The van der Waals surface area contributed by atoms with Crippen LogP contribution in [0, 0.1) is 29.6 Å². The molecule has 5 rings (SSSR count). The number of carbonyl (C=O) groups is 10. The van der Waals surface area contributed by atoms with Crippen molar-refractivity contribution < 1.29 is 71.7 Å². The van der Waals surface area contributed by atoms with Crippen LogP contribution in [0.2, 0.25) is 0 Å². The van der Waals surface area contributed by atoms with Gasteiger partial charge in [0.2, 0.25) is 41.4 Å². The lowest BCUT2D eigenvalue weighted by molar-refractivity contribution is -0.163. The Bertz CT molecular complexity index is 3050. The maximum absolute atomic E-state index is 15.1. The molecule has 0 bridgehead atoms. The summed E-state index contributed by atoms with van der Waals surface area (Å²) < 4.78 is 22.7. The molecule has 24 heteroatoms. The first kappa shape index (κ1) is 70.9. The molecule has 1 aromatic heterocycles. The van der Waals surface area contributed by atoms with Gasteiger partial charge in [-0.05, 0) is 98.6 Å². The van der Waals surface area contributed by atoms with Crippen molar-refractivity contribution in [2.24, 2.45) is 29.6 Å². The van der Waals surface area contributed by atoms with Crippen molar-refractivity contribution >= 4 is 75.7 Å². The molecule has 0 radical (unpaired) electrons. The summed E-state index contributed by atoms with van der Waals surface area (Å²) in [7, 11) is 7.87. The van der Waals surface area contributed by atoms with Crippen molar-refractivity contribution in [2.45, 2.75) is 175 Å². The molecule has 24 nitrogen and oxygen atoms in total. The number of amides is 7. The standard InChI is InChI=1S/C64H92N8O16/c1-16-37(8)55-49(73)32-54(77)88-58(36(6)7)57(78)38(9)59(79)66-45(26-34(2)3)62(82)72-25-17-18-46(72)63(83)71(14)48(28-40-19-22-43(85-15)23-20-40)64(84)86-39(10)56(61(81)67-55)68-60(80)47(27-35(4)5)70(13)52(75)33-65-51(74)29-41-30-53(76)87-50-31-42(69(11)12)21-24-44(41)50/h19-24,30-31,34-39,45-49,55-56,58,73H,16-18,25-29,32-33H2,1-15H3,(H,65,74)(H,66,79)(H,67,81)(H,68,80)/t37-,38-,39+,45-,46-,47+,48-,49-,55+,56+,58-/m0/s1. The second-order valence-electron chi connectivity index (χ2n) is 24.8. The maximum atomic E-state index is 15.1. The van der Waals surface area contributed by atoms with Crippen LogP contribution < -0.4 is 36.5 Å². The minimum absolute atomic E-state index is 0.0280. The lowest BCUT2D eigenvalue weighted by atomic mass is 9.91. The number of cyclic esters (lactones) is 2. The molecule has 0 saturated carbocycles. The van der Waals surface area contributed by atoms with Crippen LogP contribution in [-0.4, -0.2) is 182 Å². The van der Waals surface area contributed by atoms with Crippen LogP contribution in [0.15, 0.2) is 57.7 Å². The Morgan fingerprint density at radius 1 is 0.852 bits per heavy atom. The van der Waals surface area contributed by atoms with Crippen molar-refractivity contribution in [1.82, 2.24) is 36.0 Å². The van der Waals surface area contributed by atoms with E-state index in [1.807, 2.05) is 32.8 Å². The zero-order chi connectivity index (χ0) is 65.6. The molecule has 2 aliphatic rings. The monoisotopic (exact) mass is 1230 g/mol. The Balaban J connectivity index is 1.55. The smallest absolute Gasteiger partial charge is 0.336 e. The number of nitrogens with one attached hydrogen (secondary N) is 4. The highest BCUT2D eigenvalue weighted by molar-refractivity contribution is 6.05. The Labute approximate surface area is 515 Å². The van der Waals surface area contributed by atoms with Gasteiger partial charge in [-0.15, -0.1) is 0 Å². The molecule has 88 heavy (non-hydrogen) atoms. The van der Waals surface area contributed by atoms with E-state index in [1.165, 1.54) is 50.9 Å². The fourth-order valence-electron chi connectivity index (χ4n) is 11.0. The van der Waals surface area contributed by atoms with Crippen LogP contribution >= 0.6 is 0 Å². The Morgan fingerprint density at radius 2 is 1.52 bits per heavy atom. The molecule has 3 aromatic rings. The molecule has 5 N–H and O–H groups in total. The number of esters is 2. The SMILES string of the molecule is CC[C@H](C)[C@H]1NC(=O)[C@H](NC(=O)[C@@H](CC(C)C)N(C)C(=O)CNC(=O)Cc2cc(=O)oc3cc(N(C)C)ccc23)[C@@H](C)OC(=O)[C@H](Cc2ccc(OC)cc2)N(C)C(=O)[C@@H]2CCCN2C(=O)[C@H](CC(C)C)NC(=O)[C@@H](C)C(=O)[C@H](C(C)C)OC(=O)C[C@@H]1O. The van der Waals surface area contributed by atoms with Crippen molar-refractivity contribution in [1.29, 1.82) is 0 Å². The molecular formula is C64H92N8O16.